The summed E-state index contributed by atoms with van der Waals surface area (Å²) in [5.74, 6) is 0.329. The Hall–Kier alpha value is -1.61. The zero-order valence-electron chi connectivity index (χ0n) is 22.5. The van der Waals surface area contributed by atoms with Gasteiger partial charge in [-0.3, -0.25) is 4.79 Å². The Labute approximate surface area is 199 Å². The first-order valence-electron chi connectivity index (χ1n) is 13.0. The van der Waals surface area contributed by atoms with Gasteiger partial charge in [-0.1, -0.05) is 97.4 Å². The van der Waals surface area contributed by atoms with Crippen LogP contribution < -0.4 is 5.32 Å². The quantitative estimate of drug-likeness (QED) is 0.372. The van der Waals surface area contributed by atoms with Crippen LogP contribution in [0.2, 0.25) is 0 Å². The van der Waals surface area contributed by atoms with E-state index in [-0.39, 0.29) is 16.2 Å². The van der Waals surface area contributed by atoms with E-state index in [1.807, 2.05) is 27.7 Å². The number of carbonyl (C=O) groups excluding carboxylic acids is 1. The lowest BCUT2D eigenvalue weighted by molar-refractivity contribution is -0.142. The van der Waals surface area contributed by atoms with Gasteiger partial charge in [-0.2, -0.15) is 0 Å². The van der Waals surface area contributed by atoms with Crippen molar-refractivity contribution < 1.29 is 4.79 Å². The third-order valence-electron chi connectivity index (χ3n) is 6.98. The molecule has 2 aliphatic heterocycles. The van der Waals surface area contributed by atoms with Gasteiger partial charge in [0.15, 0.2) is 0 Å². The summed E-state index contributed by atoms with van der Waals surface area (Å²) in [4.78, 5) is 16.2. The molecule has 1 atom stereocenters. The molecule has 0 aromatic heterocycles. The predicted molar refractivity (Wildman–Crippen MR) is 141 cm³/mol. The van der Waals surface area contributed by atoms with Crippen LogP contribution in [0.25, 0.3) is 0 Å². The zero-order valence-corrected chi connectivity index (χ0v) is 22.5. The van der Waals surface area contributed by atoms with Gasteiger partial charge in [0.25, 0.3) is 0 Å². The van der Waals surface area contributed by atoms with E-state index in [4.69, 9.17) is 0 Å². The number of allylic oxidation sites excluding steroid dienone is 5. The minimum absolute atomic E-state index is 0.0511. The highest BCUT2D eigenvalue weighted by Crippen LogP contribution is 2.50. The van der Waals surface area contributed by atoms with Gasteiger partial charge in [-0.15, -0.1) is 0 Å². The number of hydrogen-bond donors (Lipinski definition) is 1. The molecule has 0 bridgehead atoms. The van der Waals surface area contributed by atoms with E-state index in [1.165, 1.54) is 11.1 Å². The molecule has 1 N–H and O–H groups in total. The predicted octanol–water partition coefficient (Wildman–Crippen LogP) is 7.08. The number of rotatable bonds is 4. The van der Waals surface area contributed by atoms with Crippen LogP contribution in [-0.2, 0) is 4.79 Å². The van der Waals surface area contributed by atoms with E-state index in [1.54, 1.807) is 0 Å². The highest BCUT2D eigenvalue weighted by Gasteiger charge is 2.48. The summed E-state index contributed by atoms with van der Waals surface area (Å²) in [6.07, 6.45) is 17.3. The summed E-state index contributed by atoms with van der Waals surface area (Å²) in [5, 5.41) is 3.46. The molecule has 1 amide bonds. The number of nitrogens with zero attached hydrogens (tertiary/aromatic N) is 1. The van der Waals surface area contributed by atoms with Crippen molar-refractivity contribution >= 4 is 5.91 Å². The molecule has 32 heavy (non-hydrogen) atoms. The van der Waals surface area contributed by atoms with Crippen LogP contribution in [0.4, 0.5) is 0 Å². The van der Waals surface area contributed by atoms with Gasteiger partial charge in [0.1, 0.15) is 0 Å². The van der Waals surface area contributed by atoms with E-state index in [0.717, 1.165) is 51.9 Å². The number of piperidine rings is 1. The SMILES string of the molecule is C/C=C\C(=C/CC)C1(C(=O)N2CC=C3C(C)(C)C=CC[C@]3(C)C2)CCNCC1.CC.CC. The molecule has 1 aliphatic carbocycles. The Morgan fingerprint density at radius 3 is 2.31 bits per heavy atom. The summed E-state index contributed by atoms with van der Waals surface area (Å²) in [6.45, 7) is 22.5. The van der Waals surface area contributed by atoms with E-state index in [9.17, 15) is 4.79 Å². The smallest absolute Gasteiger partial charge is 0.233 e. The van der Waals surface area contributed by atoms with Crippen molar-refractivity contribution in [3.63, 3.8) is 0 Å². The molecule has 3 aliphatic rings. The van der Waals surface area contributed by atoms with Gasteiger partial charge in [-0.05, 0) is 51.3 Å². The van der Waals surface area contributed by atoms with Crippen molar-refractivity contribution in [1.29, 1.82) is 0 Å². The van der Waals surface area contributed by atoms with Gasteiger partial charge in [0.05, 0.1) is 5.41 Å². The third kappa shape index (κ3) is 5.84. The molecule has 1 saturated heterocycles. The van der Waals surface area contributed by atoms with Crippen LogP contribution in [0, 0.1) is 16.2 Å². The molecule has 0 aromatic rings. The minimum atomic E-state index is -0.379. The lowest BCUT2D eigenvalue weighted by atomic mass is 9.62. The fourth-order valence-electron chi connectivity index (χ4n) is 5.70. The van der Waals surface area contributed by atoms with Crippen LogP contribution in [0.3, 0.4) is 0 Å². The van der Waals surface area contributed by atoms with Gasteiger partial charge >= 0.3 is 0 Å². The molecule has 2 heterocycles. The van der Waals surface area contributed by atoms with Crippen molar-refractivity contribution in [2.45, 2.75) is 88.0 Å². The number of carbonyl (C=O) groups is 1. The Balaban J connectivity index is 0.00000121. The molecular formula is C29H50N2O. The summed E-state index contributed by atoms with van der Waals surface area (Å²) in [5.41, 5.74) is 2.48. The van der Waals surface area contributed by atoms with Crippen LogP contribution in [0.1, 0.15) is 88.0 Å². The van der Waals surface area contributed by atoms with Gasteiger partial charge < -0.3 is 10.2 Å². The van der Waals surface area contributed by atoms with Crippen molar-refractivity contribution in [3.05, 3.63) is 47.6 Å². The summed E-state index contributed by atoms with van der Waals surface area (Å²) < 4.78 is 0. The molecule has 0 radical (unpaired) electrons. The number of amides is 1. The fourth-order valence-corrected chi connectivity index (χ4v) is 5.70. The molecule has 3 heteroatoms. The van der Waals surface area contributed by atoms with Crippen molar-refractivity contribution in [1.82, 2.24) is 10.2 Å². The third-order valence-corrected chi connectivity index (χ3v) is 6.98. The van der Waals surface area contributed by atoms with E-state index < -0.39 is 0 Å². The van der Waals surface area contributed by atoms with Crippen molar-refractivity contribution in [2.24, 2.45) is 16.2 Å². The van der Waals surface area contributed by atoms with Gasteiger partial charge in [-0.25, -0.2) is 0 Å². The minimum Gasteiger partial charge on any atom is -0.337 e. The Morgan fingerprint density at radius 2 is 1.75 bits per heavy atom. The molecule has 1 fully saturated rings. The summed E-state index contributed by atoms with van der Waals surface area (Å²) >= 11 is 0. The lowest BCUT2D eigenvalue weighted by Gasteiger charge is -2.50. The molecule has 0 unspecified atom stereocenters. The molecule has 0 aromatic carbocycles. The first-order chi connectivity index (χ1) is 15.3. The van der Waals surface area contributed by atoms with Crippen molar-refractivity contribution in [3.8, 4) is 0 Å². The van der Waals surface area contributed by atoms with Crippen LogP contribution in [0.5, 0.6) is 0 Å². The fraction of sp³-hybridized carbons (Fsp3) is 0.690. The number of hydrogen-bond acceptors (Lipinski definition) is 2. The van der Waals surface area contributed by atoms with Gasteiger partial charge in [0, 0.05) is 23.9 Å². The van der Waals surface area contributed by atoms with Crippen LogP contribution in [0.15, 0.2) is 47.6 Å². The summed E-state index contributed by atoms with van der Waals surface area (Å²) in [7, 11) is 0. The van der Waals surface area contributed by atoms with Gasteiger partial charge in [0.2, 0.25) is 5.91 Å². The lowest BCUT2D eigenvalue weighted by Crippen LogP contribution is -2.55. The molecule has 0 spiro atoms. The first-order valence-corrected chi connectivity index (χ1v) is 13.0. The molecule has 0 saturated carbocycles. The van der Waals surface area contributed by atoms with Crippen molar-refractivity contribution in [2.75, 3.05) is 26.2 Å². The second-order valence-electron chi connectivity index (χ2n) is 9.59. The van der Waals surface area contributed by atoms with E-state index in [0.29, 0.717) is 5.91 Å². The average molecular weight is 443 g/mol. The maximum atomic E-state index is 14.0. The summed E-state index contributed by atoms with van der Waals surface area (Å²) in [6, 6.07) is 0. The average Bonchev–Trinajstić information content (AvgIpc) is 2.80. The Bertz CT molecular complexity index is 719. The monoisotopic (exact) mass is 442 g/mol. The normalized spacial score (nSPS) is 26.2. The molecule has 182 valence electrons. The maximum Gasteiger partial charge on any atom is 0.233 e. The molecule has 3 rings (SSSR count). The first kappa shape index (κ1) is 28.4. The standard InChI is InChI=1S/C25H38N2O.2C2H6/c1-6-9-20(10-7-2)25(14-16-26-17-15-25)22(28)27-18-11-21-23(3,4)12-8-13-24(21,5)19-27;2*1-2/h6,8-12,26H,7,13-19H2,1-5H3;2*1-2H3/b9-6-,20-10+;;/t24-;;/m1../s1. The number of fused-ring (bicyclic) bond motifs is 1. The topological polar surface area (TPSA) is 32.3 Å². The van der Waals surface area contributed by atoms with E-state index >= 15 is 0 Å². The second kappa shape index (κ2) is 12.6. The molecule has 3 nitrogen and oxygen atoms in total. The maximum absolute atomic E-state index is 14.0. The Kier molecular flexibility index (Phi) is 11.2. The second-order valence-corrected chi connectivity index (χ2v) is 9.59. The van der Waals surface area contributed by atoms with Crippen LogP contribution >= 0.6 is 0 Å². The Morgan fingerprint density at radius 1 is 1.12 bits per heavy atom. The molecular weight excluding hydrogens is 392 g/mol. The van der Waals surface area contributed by atoms with Crippen LogP contribution in [-0.4, -0.2) is 37.0 Å². The highest BCUT2D eigenvalue weighted by molar-refractivity contribution is 5.87. The highest BCUT2D eigenvalue weighted by atomic mass is 16.2. The zero-order chi connectivity index (χ0) is 24.4. The largest absolute Gasteiger partial charge is 0.337 e. The number of nitrogens with one attached hydrogen (secondary N) is 1. The van der Waals surface area contributed by atoms with E-state index in [2.05, 4.69) is 81.3 Å².